The van der Waals surface area contributed by atoms with Crippen molar-refractivity contribution >= 4 is 50.0 Å². The van der Waals surface area contributed by atoms with E-state index in [0.29, 0.717) is 24.0 Å². The number of nitrogens with one attached hydrogen (secondary N) is 3. The Balaban J connectivity index is 1.28. The molecule has 2 aliphatic rings. The zero-order valence-corrected chi connectivity index (χ0v) is 21.6. The van der Waals surface area contributed by atoms with Gasteiger partial charge in [0.05, 0.1) is 17.4 Å². The highest BCUT2D eigenvalue weighted by Crippen LogP contribution is 2.39. The lowest BCUT2D eigenvalue weighted by Crippen LogP contribution is -2.38. The molecule has 2 aliphatic heterocycles. The van der Waals surface area contributed by atoms with Crippen molar-refractivity contribution in [1.82, 2.24) is 15.3 Å². The molecule has 3 N–H and O–H groups in total. The van der Waals surface area contributed by atoms with E-state index in [9.17, 15) is 13.2 Å². The first-order chi connectivity index (χ1) is 17.1. The lowest BCUT2D eigenvalue weighted by molar-refractivity contribution is -0.119. The zero-order valence-electron chi connectivity index (χ0n) is 20.8. The third-order valence-electron chi connectivity index (χ3n) is 7.05. The van der Waals surface area contributed by atoms with E-state index in [1.165, 1.54) is 6.26 Å². The largest absolute Gasteiger partial charge is 0.459 e. The first-order valence-corrected chi connectivity index (χ1v) is 14.3. The minimum Gasteiger partial charge on any atom is -0.459 e. The number of amides is 1. The van der Waals surface area contributed by atoms with Crippen molar-refractivity contribution in [1.29, 1.82) is 0 Å². The minimum atomic E-state index is -2.94. The predicted octanol–water partition coefficient (Wildman–Crippen LogP) is 3.05. The van der Waals surface area contributed by atoms with E-state index in [4.69, 9.17) is 9.40 Å². The fourth-order valence-electron chi connectivity index (χ4n) is 4.83. The van der Waals surface area contributed by atoms with Gasteiger partial charge in [0, 0.05) is 43.3 Å². The molecular formula is C25H32N6O4S. The maximum atomic E-state index is 12.3. The van der Waals surface area contributed by atoms with Gasteiger partial charge < -0.3 is 25.3 Å². The predicted molar refractivity (Wildman–Crippen MR) is 141 cm³/mol. The number of furan rings is 1. The number of sulfone groups is 1. The molecule has 1 fully saturated rings. The van der Waals surface area contributed by atoms with E-state index >= 15 is 0 Å². The molecular weight excluding hydrogens is 480 g/mol. The Morgan fingerprint density at radius 1 is 1.19 bits per heavy atom. The molecule has 1 aromatic carbocycles. The number of hydrogen-bond acceptors (Lipinski definition) is 9. The lowest BCUT2D eigenvalue weighted by atomic mass is 9.86. The Bertz CT molecular complexity index is 1390. The number of piperidine rings is 1. The summed E-state index contributed by atoms with van der Waals surface area (Å²) in [5, 5.41) is 9.52. The second-order valence-corrected chi connectivity index (χ2v) is 12.5. The molecule has 4 heterocycles. The molecule has 0 radical (unpaired) electrons. The summed E-state index contributed by atoms with van der Waals surface area (Å²) in [5.74, 6) is 1.85. The van der Waals surface area contributed by atoms with Crippen LogP contribution in [0.4, 0.5) is 23.1 Å². The summed E-state index contributed by atoms with van der Waals surface area (Å²) in [4.78, 5) is 23.9. The van der Waals surface area contributed by atoms with Crippen molar-refractivity contribution in [3.8, 4) is 0 Å². The number of benzene rings is 1. The van der Waals surface area contributed by atoms with Crippen molar-refractivity contribution in [2.45, 2.75) is 32.1 Å². The number of carbonyl (C=O) groups excluding carboxylic acids is 1. The van der Waals surface area contributed by atoms with Crippen LogP contribution in [0.5, 0.6) is 0 Å². The molecule has 3 aromatic rings. The summed E-state index contributed by atoms with van der Waals surface area (Å²) in [5.41, 5.74) is 3.39. The topological polar surface area (TPSA) is 129 Å². The third kappa shape index (κ3) is 5.03. The van der Waals surface area contributed by atoms with Gasteiger partial charge in [0.1, 0.15) is 15.4 Å². The summed E-state index contributed by atoms with van der Waals surface area (Å²) < 4.78 is 28.3. The van der Waals surface area contributed by atoms with Crippen LogP contribution in [-0.2, 0) is 20.0 Å². The maximum Gasteiger partial charge on any atom is 0.234 e. The molecule has 0 atom stereocenters. The Hall–Kier alpha value is -3.18. The lowest BCUT2D eigenvalue weighted by Gasteiger charge is -2.33. The zero-order chi connectivity index (χ0) is 25.5. The monoisotopic (exact) mass is 512 g/mol. The molecule has 5 rings (SSSR count). The fourth-order valence-corrected chi connectivity index (χ4v) is 5.35. The number of nitrogens with zero attached hydrogens (tertiary/aromatic N) is 3. The highest BCUT2D eigenvalue weighted by Gasteiger charge is 2.38. The molecule has 0 unspecified atom stereocenters. The molecule has 192 valence electrons. The van der Waals surface area contributed by atoms with Crippen LogP contribution < -0.4 is 20.9 Å². The van der Waals surface area contributed by atoms with E-state index < -0.39 is 15.3 Å². The molecule has 1 saturated heterocycles. The minimum absolute atomic E-state index is 0.0120. The summed E-state index contributed by atoms with van der Waals surface area (Å²) in [6, 6.07) is 7.63. The average molecular weight is 513 g/mol. The number of hydrogen-bond donors (Lipinski definition) is 3. The highest BCUT2D eigenvalue weighted by atomic mass is 32.2. The maximum absolute atomic E-state index is 12.3. The number of anilines is 4. The summed E-state index contributed by atoms with van der Waals surface area (Å²) in [6.07, 6.45) is 4.83. The van der Waals surface area contributed by atoms with Crippen LogP contribution in [-0.4, -0.2) is 62.5 Å². The molecule has 0 bridgehead atoms. The highest BCUT2D eigenvalue weighted by molar-refractivity contribution is 7.90. The second kappa shape index (κ2) is 9.36. The summed E-state index contributed by atoms with van der Waals surface area (Å²) in [6.45, 7) is 6.77. The molecule has 0 aliphatic carbocycles. The van der Waals surface area contributed by atoms with Crippen molar-refractivity contribution < 1.29 is 17.6 Å². The van der Waals surface area contributed by atoms with Crippen molar-refractivity contribution in [3.05, 3.63) is 36.1 Å². The normalized spacial score (nSPS) is 17.9. The van der Waals surface area contributed by atoms with Crippen molar-refractivity contribution in [2.75, 3.05) is 53.7 Å². The standard InChI is InChI=1S/C25H32N6O4S/c1-25(2)18-5-4-17(14-20(18)28-23(25)32)27-24-29-19-8-12-35-21(19)22(30-24)31-10-6-16(7-11-31)15-26-9-13-36(3,33)34/h4-5,8,12,14,16,26H,6-7,9-11,13,15H2,1-3H3,(H,28,32)(H,27,29,30). The van der Waals surface area contributed by atoms with Gasteiger partial charge in [-0.05, 0) is 56.8 Å². The van der Waals surface area contributed by atoms with Crippen LogP contribution in [0.25, 0.3) is 11.1 Å². The van der Waals surface area contributed by atoms with E-state index in [2.05, 4.69) is 25.8 Å². The number of fused-ring (bicyclic) bond motifs is 2. The summed E-state index contributed by atoms with van der Waals surface area (Å²) >= 11 is 0. The van der Waals surface area contributed by atoms with Gasteiger partial charge in [0.25, 0.3) is 0 Å². The van der Waals surface area contributed by atoms with Crippen LogP contribution in [0.1, 0.15) is 32.3 Å². The Morgan fingerprint density at radius 2 is 1.97 bits per heavy atom. The number of carbonyl (C=O) groups is 1. The second-order valence-electron chi connectivity index (χ2n) is 10.2. The Kier molecular flexibility index (Phi) is 6.37. The number of rotatable bonds is 8. The van der Waals surface area contributed by atoms with Crippen LogP contribution in [0.15, 0.2) is 34.9 Å². The summed E-state index contributed by atoms with van der Waals surface area (Å²) in [7, 11) is -2.94. The van der Waals surface area contributed by atoms with Crippen LogP contribution in [0.3, 0.4) is 0 Å². The van der Waals surface area contributed by atoms with Crippen LogP contribution >= 0.6 is 0 Å². The average Bonchev–Trinajstić information content (AvgIpc) is 3.38. The van der Waals surface area contributed by atoms with Crippen molar-refractivity contribution in [3.63, 3.8) is 0 Å². The first kappa shape index (κ1) is 24.5. The van der Waals surface area contributed by atoms with E-state index in [1.54, 1.807) is 6.26 Å². The van der Waals surface area contributed by atoms with Gasteiger partial charge in [-0.3, -0.25) is 4.79 Å². The first-order valence-electron chi connectivity index (χ1n) is 12.2. The smallest absolute Gasteiger partial charge is 0.234 e. The molecule has 0 spiro atoms. The van der Waals surface area contributed by atoms with E-state index in [0.717, 1.165) is 60.7 Å². The Morgan fingerprint density at radius 3 is 2.72 bits per heavy atom. The molecule has 0 saturated carbocycles. The van der Waals surface area contributed by atoms with Gasteiger partial charge in [-0.25, -0.2) is 13.4 Å². The SMILES string of the molecule is CC1(C)C(=O)Nc2cc(Nc3nc(N4CCC(CNCCS(C)(=O)=O)CC4)c4occc4n3)ccc21. The quantitative estimate of drug-likeness (QED) is 0.390. The van der Waals surface area contributed by atoms with Crippen molar-refractivity contribution in [2.24, 2.45) is 5.92 Å². The fraction of sp³-hybridized carbons (Fsp3) is 0.480. The molecule has 10 nitrogen and oxygen atoms in total. The molecule has 1 amide bonds. The van der Waals surface area contributed by atoms with Gasteiger partial charge in [0.15, 0.2) is 11.4 Å². The Labute approximate surface area is 210 Å². The van der Waals surface area contributed by atoms with E-state index in [1.807, 2.05) is 38.1 Å². The van der Waals surface area contributed by atoms with Gasteiger partial charge in [-0.2, -0.15) is 4.98 Å². The van der Waals surface area contributed by atoms with Crippen LogP contribution in [0.2, 0.25) is 0 Å². The van der Waals surface area contributed by atoms with E-state index in [-0.39, 0.29) is 11.7 Å². The molecule has 11 heteroatoms. The molecule has 2 aromatic heterocycles. The number of aromatic nitrogens is 2. The van der Waals surface area contributed by atoms with Gasteiger partial charge in [0.2, 0.25) is 11.9 Å². The van der Waals surface area contributed by atoms with Gasteiger partial charge >= 0.3 is 0 Å². The van der Waals surface area contributed by atoms with Gasteiger partial charge in [-0.1, -0.05) is 6.07 Å². The van der Waals surface area contributed by atoms with Crippen LogP contribution in [0, 0.1) is 5.92 Å². The third-order valence-corrected chi connectivity index (χ3v) is 7.99. The molecule has 36 heavy (non-hydrogen) atoms. The van der Waals surface area contributed by atoms with Gasteiger partial charge in [-0.15, -0.1) is 0 Å².